The lowest BCUT2D eigenvalue weighted by Gasteiger charge is -2.35. The summed E-state index contributed by atoms with van der Waals surface area (Å²) >= 11 is 5.87. The molecule has 3 heterocycles. The first-order valence-electron chi connectivity index (χ1n) is 9.72. The summed E-state index contributed by atoms with van der Waals surface area (Å²) < 4.78 is 0. The van der Waals surface area contributed by atoms with E-state index in [0.29, 0.717) is 61.0 Å². The van der Waals surface area contributed by atoms with Gasteiger partial charge in [0.15, 0.2) is 11.5 Å². The van der Waals surface area contributed by atoms with Crippen LogP contribution in [-0.4, -0.2) is 64.6 Å². The third kappa shape index (κ3) is 5.63. The fraction of sp³-hybridized carbons (Fsp3) is 0.450. The van der Waals surface area contributed by atoms with Crippen LogP contribution in [0.2, 0.25) is 5.15 Å². The number of hydrogen-bond donors (Lipinski definition) is 1. The van der Waals surface area contributed by atoms with Gasteiger partial charge >= 0.3 is 0 Å². The molecule has 3 rings (SSSR count). The van der Waals surface area contributed by atoms with E-state index in [1.54, 1.807) is 35.2 Å². The summed E-state index contributed by atoms with van der Waals surface area (Å²) in [5.41, 5.74) is 0.650. The molecule has 154 valence electrons. The van der Waals surface area contributed by atoms with E-state index in [-0.39, 0.29) is 11.8 Å². The van der Waals surface area contributed by atoms with Crippen LogP contribution >= 0.6 is 11.6 Å². The summed E-state index contributed by atoms with van der Waals surface area (Å²) in [7, 11) is 0. The summed E-state index contributed by atoms with van der Waals surface area (Å²) in [5.74, 6) is 0.876. The topological polar surface area (TPSA) is 91.3 Å². The highest BCUT2D eigenvalue weighted by molar-refractivity contribution is 6.29. The van der Waals surface area contributed by atoms with Crippen LogP contribution in [0.25, 0.3) is 0 Å². The number of carbonyl (C=O) groups excluding carboxylic acids is 2. The molecule has 9 heteroatoms. The van der Waals surface area contributed by atoms with Gasteiger partial charge in [0.1, 0.15) is 10.8 Å². The summed E-state index contributed by atoms with van der Waals surface area (Å²) in [5, 5.41) is 11.4. The fourth-order valence-corrected chi connectivity index (χ4v) is 3.17. The van der Waals surface area contributed by atoms with Crippen molar-refractivity contribution in [3.8, 4) is 0 Å². The Morgan fingerprint density at radius 2 is 1.83 bits per heavy atom. The molecule has 1 aliphatic heterocycles. The molecule has 0 saturated carbocycles. The zero-order valence-electron chi connectivity index (χ0n) is 16.6. The number of nitrogens with one attached hydrogen (secondary N) is 1. The number of aromatic nitrogens is 3. The number of hydrogen-bond acceptors (Lipinski definition) is 6. The Kier molecular flexibility index (Phi) is 6.98. The van der Waals surface area contributed by atoms with Crippen molar-refractivity contribution in [3.63, 3.8) is 0 Å². The van der Waals surface area contributed by atoms with Crippen molar-refractivity contribution in [2.75, 3.05) is 37.6 Å². The van der Waals surface area contributed by atoms with Crippen LogP contribution in [0.3, 0.4) is 0 Å². The number of rotatable bonds is 6. The number of pyridine rings is 1. The van der Waals surface area contributed by atoms with Crippen LogP contribution in [-0.2, 0) is 0 Å². The van der Waals surface area contributed by atoms with Gasteiger partial charge in [-0.2, -0.15) is 0 Å². The molecule has 0 atom stereocenters. The molecule has 0 unspecified atom stereocenters. The molecule has 0 radical (unpaired) electrons. The average molecular weight is 417 g/mol. The van der Waals surface area contributed by atoms with Crippen molar-refractivity contribution in [2.45, 2.75) is 20.3 Å². The number of carbonyl (C=O) groups is 2. The molecule has 2 aromatic rings. The van der Waals surface area contributed by atoms with Crippen LogP contribution in [0.5, 0.6) is 0 Å². The smallest absolute Gasteiger partial charge is 0.272 e. The summed E-state index contributed by atoms with van der Waals surface area (Å²) in [6.07, 6.45) is 0.922. The highest BCUT2D eigenvalue weighted by Crippen LogP contribution is 2.15. The number of anilines is 1. The Labute approximate surface area is 175 Å². The molecule has 0 spiro atoms. The zero-order chi connectivity index (χ0) is 20.8. The van der Waals surface area contributed by atoms with E-state index in [9.17, 15) is 9.59 Å². The lowest BCUT2D eigenvalue weighted by Crippen LogP contribution is -2.49. The standard InChI is InChI=1S/C20H25ClN6O2/c1-14(2)8-9-22-19(28)15-6-7-18(25-24-15)26-10-12-27(13-11-26)20(29)16-4-3-5-17(21)23-16/h3-7,14H,8-13H2,1-2H3,(H,22,28). The van der Waals surface area contributed by atoms with Gasteiger partial charge in [-0.15, -0.1) is 10.2 Å². The normalized spacial score (nSPS) is 14.2. The van der Waals surface area contributed by atoms with Crippen molar-refractivity contribution >= 4 is 29.2 Å². The molecule has 29 heavy (non-hydrogen) atoms. The minimum absolute atomic E-state index is 0.133. The first kappa shape index (κ1) is 21.0. The van der Waals surface area contributed by atoms with Gasteiger partial charge in [0.25, 0.3) is 11.8 Å². The molecule has 0 bridgehead atoms. The average Bonchev–Trinajstić information content (AvgIpc) is 2.73. The van der Waals surface area contributed by atoms with E-state index in [2.05, 4.69) is 34.3 Å². The second kappa shape index (κ2) is 9.65. The molecule has 0 aliphatic carbocycles. The number of piperazine rings is 1. The summed E-state index contributed by atoms with van der Waals surface area (Å²) in [4.78, 5) is 32.5. The maximum Gasteiger partial charge on any atom is 0.272 e. The van der Waals surface area contributed by atoms with Gasteiger partial charge in [-0.1, -0.05) is 31.5 Å². The molecular formula is C20H25ClN6O2. The monoisotopic (exact) mass is 416 g/mol. The highest BCUT2D eigenvalue weighted by atomic mass is 35.5. The van der Waals surface area contributed by atoms with Gasteiger partial charge in [0.05, 0.1) is 0 Å². The van der Waals surface area contributed by atoms with Gasteiger partial charge in [-0.05, 0) is 36.6 Å². The number of nitrogens with zero attached hydrogens (tertiary/aromatic N) is 5. The minimum Gasteiger partial charge on any atom is -0.352 e. The fourth-order valence-electron chi connectivity index (χ4n) is 3.01. The Balaban J connectivity index is 1.53. The molecule has 1 N–H and O–H groups in total. The van der Waals surface area contributed by atoms with Crippen LogP contribution in [0.4, 0.5) is 5.82 Å². The maximum atomic E-state index is 12.6. The third-order valence-electron chi connectivity index (χ3n) is 4.72. The van der Waals surface area contributed by atoms with Gasteiger partial charge in [0.2, 0.25) is 0 Å². The van der Waals surface area contributed by atoms with Crippen LogP contribution in [0, 0.1) is 5.92 Å². The number of amides is 2. The summed E-state index contributed by atoms with van der Waals surface area (Å²) in [6, 6.07) is 8.50. The van der Waals surface area contributed by atoms with Gasteiger partial charge in [0, 0.05) is 32.7 Å². The van der Waals surface area contributed by atoms with Crippen molar-refractivity contribution < 1.29 is 9.59 Å². The van der Waals surface area contributed by atoms with Crippen molar-refractivity contribution in [3.05, 3.63) is 46.9 Å². The van der Waals surface area contributed by atoms with Crippen molar-refractivity contribution in [1.29, 1.82) is 0 Å². The Hall–Kier alpha value is -2.74. The van der Waals surface area contributed by atoms with E-state index in [1.165, 1.54) is 0 Å². The molecular weight excluding hydrogens is 392 g/mol. The first-order valence-corrected chi connectivity index (χ1v) is 10.1. The van der Waals surface area contributed by atoms with Crippen LogP contribution in [0.1, 0.15) is 41.2 Å². The largest absolute Gasteiger partial charge is 0.352 e. The zero-order valence-corrected chi connectivity index (χ0v) is 17.4. The Morgan fingerprint density at radius 3 is 2.45 bits per heavy atom. The van der Waals surface area contributed by atoms with Crippen molar-refractivity contribution in [1.82, 2.24) is 25.4 Å². The molecule has 0 aromatic carbocycles. The first-order chi connectivity index (χ1) is 13.9. The molecule has 1 saturated heterocycles. The highest BCUT2D eigenvalue weighted by Gasteiger charge is 2.24. The van der Waals surface area contributed by atoms with E-state index >= 15 is 0 Å². The predicted octanol–water partition coefficient (Wildman–Crippen LogP) is 2.26. The third-order valence-corrected chi connectivity index (χ3v) is 4.93. The van der Waals surface area contributed by atoms with E-state index < -0.39 is 0 Å². The molecule has 1 aliphatic rings. The molecule has 1 fully saturated rings. The Morgan fingerprint density at radius 1 is 1.07 bits per heavy atom. The molecule has 8 nitrogen and oxygen atoms in total. The lowest BCUT2D eigenvalue weighted by atomic mass is 10.1. The number of halogens is 1. The van der Waals surface area contributed by atoms with Gasteiger partial charge in [-0.3, -0.25) is 9.59 Å². The second-order valence-corrected chi connectivity index (χ2v) is 7.73. The molecule has 2 amide bonds. The maximum absolute atomic E-state index is 12.6. The molecule has 2 aromatic heterocycles. The van der Waals surface area contributed by atoms with Gasteiger partial charge < -0.3 is 15.1 Å². The van der Waals surface area contributed by atoms with Crippen LogP contribution < -0.4 is 10.2 Å². The summed E-state index contributed by atoms with van der Waals surface area (Å²) in [6.45, 7) is 7.19. The van der Waals surface area contributed by atoms with E-state index in [0.717, 1.165) is 6.42 Å². The lowest BCUT2D eigenvalue weighted by molar-refractivity contribution is 0.0740. The van der Waals surface area contributed by atoms with Crippen LogP contribution in [0.15, 0.2) is 30.3 Å². The van der Waals surface area contributed by atoms with Crippen molar-refractivity contribution in [2.24, 2.45) is 5.92 Å². The van der Waals surface area contributed by atoms with E-state index in [1.807, 2.05) is 4.90 Å². The predicted molar refractivity (Wildman–Crippen MR) is 111 cm³/mol. The second-order valence-electron chi connectivity index (χ2n) is 7.34. The quantitative estimate of drug-likeness (QED) is 0.726. The van der Waals surface area contributed by atoms with Gasteiger partial charge in [-0.25, -0.2) is 4.98 Å². The van der Waals surface area contributed by atoms with E-state index in [4.69, 9.17) is 11.6 Å². The minimum atomic E-state index is -0.214. The Bertz CT molecular complexity index is 850. The SMILES string of the molecule is CC(C)CCNC(=O)c1ccc(N2CCN(C(=O)c3cccc(Cl)n3)CC2)nn1.